The maximum atomic E-state index is 9.92. The molecule has 4 nitrogen and oxygen atoms in total. The number of aliphatic hydroxyl groups is 1. The molecule has 1 aromatic heterocycles. The molecular weight excluding hydrogens is 274 g/mol. The van der Waals surface area contributed by atoms with Crippen LogP contribution in [-0.2, 0) is 16.1 Å². The first-order valence-corrected chi connectivity index (χ1v) is 7.96. The minimum absolute atomic E-state index is 0.131. The Kier molecular flexibility index (Phi) is 5.57. The van der Waals surface area contributed by atoms with E-state index < -0.39 is 6.10 Å². The number of methoxy groups -OCH3 is 1. The van der Waals surface area contributed by atoms with E-state index in [4.69, 9.17) is 9.47 Å². The SMILES string of the molecule is COC1CC(NCC(O)COCc2cccs2)C1(C)C. The van der Waals surface area contributed by atoms with Crippen molar-refractivity contribution in [1.82, 2.24) is 5.32 Å². The fraction of sp³-hybridized carbons (Fsp3) is 0.733. The minimum atomic E-state index is -0.465. The van der Waals surface area contributed by atoms with E-state index in [0.717, 1.165) is 6.42 Å². The van der Waals surface area contributed by atoms with E-state index in [2.05, 4.69) is 19.2 Å². The summed E-state index contributed by atoms with van der Waals surface area (Å²) < 4.78 is 10.9. The molecule has 1 aromatic rings. The smallest absolute Gasteiger partial charge is 0.0897 e. The monoisotopic (exact) mass is 299 g/mol. The van der Waals surface area contributed by atoms with Crippen LogP contribution in [0.15, 0.2) is 17.5 Å². The van der Waals surface area contributed by atoms with Crippen molar-refractivity contribution in [2.24, 2.45) is 5.41 Å². The molecule has 5 heteroatoms. The van der Waals surface area contributed by atoms with Crippen molar-refractivity contribution in [3.05, 3.63) is 22.4 Å². The molecule has 1 saturated carbocycles. The average molecular weight is 299 g/mol. The highest BCUT2D eigenvalue weighted by atomic mass is 32.1. The summed E-state index contributed by atoms with van der Waals surface area (Å²) in [5.74, 6) is 0. The van der Waals surface area contributed by atoms with E-state index in [0.29, 0.717) is 31.9 Å². The number of aliphatic hydroxyl groups excluding tert-OH is 1. The summed E-state index contributed by atoms with van der Waals surface area (Å²) in [4.78, 5) is 1.19. The van der Waals surface area contributed by atoms with Crippen LogP contribution in [0.25, 0.3) is 0 Å². The zero-order valence-electron chi connectivity index (χ0n) is 12.5. The molecular formula is C15H25NO3S. The van der Waals surface area contributed by atoms with Gasteiger partial charge in [0, 0.05) is 30.0 Å². The summed E-state index contributed by atoms with van der Waals surface area (Å²) >= 11 is 1.67. The molecule has 2 N–H and O–H groups in total. The Balaban J connectivity index is 1.60. The Labute approximate surface area is 125 Å². The van der Waals surface area contributed by atoms with Crippen LogP contribution in [0, 0.1) is 5.41 Å². The van der Waals surface area contributed by atoms with Crippen molar-refractivity contribution in [3.63, 3.8) is 0 Å². The lowest BCUT2D eigenvalue weighted by atomic mass is 9.64. The summed E-state index contributed by atoms with van der Waals surface area (Å²) in [5.41, 5.74) is 0.131. The van der Waals surface area contributed by atoms with Gasteiger partial charge in [-0.1, -0.05) is 19.9 Å². The van der Waals surface area contributed by atoms with Gasteiger partial charge in [0.2, 0.25) is 0 Å². The standard InChI is InChI=1S/C15H25NO3S/c1-15(2)13(7-14(15)18-3)16-8-11(17)9-19-10-12-5-4-6-20-12/h4-6,11,13-14,16-17H,7-10H2,1-3H3. The van der Waals surface area contributed by atoms with E-state index in [1.807, 2.05) is 17.5 Å². The van der Waals surface area contributed by atoms with Crippen LogP contribution < -0.4 is 5.32 Å². The van der Waals surface area contributed by atoms with E-state index in [-0.39, 0.29) is 5.41 Å². The van der Waals surface area contributed by atoms with Crippen LogP contribution in [-0.4, -0.2) is 43.6 Å². The number of rotatable bonds is 8. The molecule has 3 atom stereocenters. The van der Waals surface area contributed by atoms with E-state index >= 15 is 0 Å². The van der Waals surface area contributed by atoms with Gasteiger partial charge in [-0.15, -0.1) is 11.3 Å². The summed E-state index contributed by atoms with van der Waals surface area (Å²) in [7, 11) is 1.76. The van der Waals surface area contributed by atoms with E-state index in [1.165, 1.54) is 4.88 Å². The molecule has 1 heterocycles. The topological polar surface area (TPSA) is 50.7 Å². The number of thiophene rings is 1. The second kappa shape index (κ2) is 7.00. The Hall–Kier alpha value is -0.460. The van der Waals surface area contributed by atoms with Gasteiger partial charge >= 0.3 is 0 Å². The molecule has 0 spiro atoms. The van der Waals surface area contributed by atoms with Crippen LogP contribution in [0.4, 0.5) is 0 Å². The zero-order chi connectivity index (χ0) is 14.6. The molecule has 0 bridgehead atoms. The van der Waals surface area contributed by atoms with Crippen LogP contribution in [0.5, 0.6) is 0 Å². The van der Waals surface area contributed by atoms with Gasteiger partial charge < -0.3 is 19.9 Å². The maximum absolute atomic E-state index is 9.92. The molecule has 1 fully saturated rings. The maximum Gasteiger partial charge on any atom is 0.0897 e. The number of nitrogens with one attached hydrogen (secondary N) is 1. The lowest BCUT2D eigenvalue weighted by Gasteiger charge is -2.51. The van der Waals surface area contributed by atoms with Gasteiger partial charge in [-0.2, -0.15) is 0 Å². The molecule has 0 aromatic carbocycles. The summed E-state index contributed by atoms with van der Waals surface area (Å²) in [6, 6.07) is 4.45. The number of ether oxygens (including phenoxy) is 2. The third kappa shape index (κ3) is 3.80. The Bertz CT molecular complexity index is 394. The van der Waals surface area contributed by atoms with Crippen molar-refractivity contribution < 1.29 is 14.6 Å². The Morgan fingerprint density at radius 3 is 2.95 bits per heavy atom. The van der Waals surface area contributed by atoms with Gasteiger partial charge in [0.05, 0.1) is 25.4 Å². The van der Waals surface area contributed by atoms with Crippen molar-refractivity contribution in [1.29, 1.82) is 0 Å². The highest BCUT2D eigenvalue weighted by Crippen LogP contribution is 2.42. The van der Waals surface area contributed by atoms with Crippen LogP contribution in [0.1, 0.15) is 25.1 Å². The molecule has 2 rings (SSSR count). The van der Waals surface area contributed by atoms with E-state index in [1.54, 1.807) is 18.4 Å². The quantitative estimate of drug-likeness (QED) is 0.771. The van der Waals surface area contributed by atoms with Gasteiger partial charge in [-0.25, -0.2) is 0 Å². The molecule has 0 aliphatic heterocycles. The van der Waals surface area contributed by atoms with Crippen molar-refractivity contribution in [2.45, 2.75) is 45.1 Å². The Morgan fingerprint density at radius 1 is 1.55 bits per heavy atom. The third-order valence-electron chi connectivity index (χ3n) is 4.20. The number of hydrogen-bond acceptors (Lipinski definition) is 5. The lowest BCUT2D eigenvalue weighted by molar-refractivity contribution is -0.100. The fourth-order valence-corrected chi connectivity index (χ4v) is 3.30. The second-order valence-corrected chi connectivity index (χ2v) is 7.02. The largest absolute Gasteiger partial charge is 0.389 e. The molecule has 114 valence electrons. The third-order valence-corrected chi connectivity index (χ3v) is 5.05. The van der Waals surface area contributed by atoms with Gasteiger partial charge in [-0.05, 0) is 17.9 Å². The first-order chi connectivity index (χ1) is 9.54. The predicted octanol–water partition coefficient (Wildman–Crippen LogP) is 2.03. The van der Waals surface area contributed by atoms with Gasteiger partial charge in [0.1, 0.15) is 0 Å². The minimum Gasteiger partial charge on any atom is -0.389 e. The first-order valence-electron chi connectivity index (χ1n) is 7.08. The molecule has 1 aliphatic rings. The van der Waals surface area contributed by atoms with Gasteiger partial charge in [-0.3, -0.25) is 0 Å². The molecule has 20 heavy (non-hydrogen) atoms. The molecule has 0 radical (unpaired) electrons. The lowest BCUT2D eigenvalue weighted by Crippen LogP contribution is -2.61. The second-order valence-electron chi connectivity index (χ2n) is 5.99. The molecule has 1 aliphatic carbocycles. The zero-order valence-corrected chi connectivity index (χ0v) is 13.3. The van der Waals surface area contributed by atoms with Crippen LogP contribution >= 0.6 is 11.3 Å². The average Bonchev–Trinajstić information content (AvgIpc) is 2.91. The molecule has 0 amide bonds. The molecule has 0 saturated heterocycles. The first kappa shape index (κ1) is 15.9. The van der Waals surface area contributed by atoms with Crippen LogP contribution in [0.3, 0.4) is 0 Å². The van der Waals surface area contributed by atoms with Gasteiger partial charge in [0.15, 0.2) is 0 Å². The summed E-state index contributed by atoms with van der Waals surface area (Å²) in [6.07, 6.45) is 0.853. The van der Waals surface area contributed by atoms with Crippen molar-refractivity contribution in [3.8, 4) is 0 Å². The van der Waals surface area contributed by atoms with Gasteiger partial charge in [0.25, 0.3) is 0 Å². The summed E-state index contributed by atoms with van der Waals surface area (Å²) in [6.45, 7) is 5.90. The van der Waals surface area contributed by atoms with E-state index in [9.17, 15) is 5.11 Å². The highest BCUT2D eigenvalue weighted by Gasteiger charge is 2.48. The normalized spacial score (nSPS) is 26.2. The molecule has 3 unspecified atom stereocenters. The van der Waals surface area contributed by atoms with Crippen molar-refractivity contribution >= 4 is 11.3 Å². The highest BCUT2D eigenvalue weighted by molar-refractivity contribution is 7.09. The fourth-order valence-electron chi connectivity index (χ4n) is 2.66. The van der Waals surface area contributed by atoms with Crippen molar-refractivity contribution in [2.75, 3.05) is 20.3 Å². The van der Waals surface area contributed by atoms with Crippen LogP contribution in [0.2, 0.25) is 0 Å². The number of hydrogen-bond donors (Lipinski definition) is 2. The predicted molar refractivity (Wildman–Crippen MR) is 81.0 cm³/mol. The Morgan fingerprint density at radius 2 is 2.35 bits per heavy atom. The summed E-state index contributed by atoms with van der Waals surface area (Å²) in [5, 5.41) is 15.4.